The van der Waals surface area contributed by atoms with Crippen LogP contribution in [-0.4, -0.2) is 33.0 Å². The number of likely N-dealkylation sites (N-methyl/N-ethyl adjacent to an activating group) is 1. The summed E-state index contributed by atoms with van der Waals surface area (Å²) in [5, 5.41) is 0. The van der Waals surface area contributed by atoms with Crippen LogP contribution in [-0.2, 0) is 9.59 Å². The standard InChI is InChI=1S/C26H25N3O2/c1-18-10-12-19(13-11-18)23-24(28(4)21-8-6-5-7-9-21)26(31)29(25(23)30)22-16-14-20(15-17-22)27(2)3/h5-17H,1-4H3. The number of carbonyl (C=O) groups is 2. The van der Waals surface area contributed by atoms with Gasteiger partial charge in [-0.05, 0) is 48.9 Å². The Bertz CT molecular complexity index is 1150. The number of imide groups is 1. The zero-order chi connectivity index (χ0) is 22.1. The molecule has 0 saturated heterocycles. The van der Waals surface area contributed by atoms with E-state index in [2.05, 4.69) is 0 Å². The lowest BCUT2D eigenvalue weighted by Gasteiger charge is -2.22. The molecule has 0 saturated carbocycles. The summed E-state index contributed by atoms with van der Waals surface area (Å²) in [5.74, 6) is -0.645. The highest BCUT2D eigenvalue weighted by atomic mass is 16.2. The normalized spacial score (nSPS) is 13.7. The Hall–Kier alpha value is -3.86. The Labute approximate surface area is 182 Å². The van der Waals surface area contributed by atoms with Crippen molar-refractivity contribution in [2.24, 2.45) is 0 Å². The lowest BCUT2D eigenvalue weighted by molar-refractivity contribution is -0.120. The van der Waals surface area contributed by atoms with Gasteiger partial charge in [0.2, 0.25) is 0 Å². The van der Waals surface area contributed by atoms with Crippen molar-refractivity contribution in [3.8, 4) is 0 Å². The highest BCUT2D eigenvalue weighted by Crippen LogP contribution is 2.36. The van der Waals surface area contributed by atoms with Crippen LogP contribution in [0.4, 0.5) is 17.1 Å². The maximum absolute atomic E-state index is 13.6. The molecular weight excluding hydrogens is 386 g/mol. The Kier molecular flexibility index (Phi) is 5.34. The van der Waals surface area contributed by atoms with Gasteiger partial charge >= 0.3 is 0 Å². The maximum Gasteiger partial charge on any atom is 0.282 e. The second-order valence-corrected chi connectivity index (χ2v) is 7.84. The molecule has 1 aliphatic rings. The quantitative estimate of drug-likeness (QED) is 0.581. The predicted octanol–water partition coefficient (Wildman–Crippen LogP) is 4.48. The van der Waals surface area contributed by atoms with Gasteiger partial charge in [0, 0.05) is 32.5 Å². The lowest BCUT2D eigenvalue weighted by atomic mass is 10.0. The van der Waals surface area contributed by atoms with Crippen LogP contribution in [0.15, 0.2) is 84.6 Å². The third-order valence-electron chi connectivity index (χ3n) is 5.50. The Morgan fingerprint density at radius 1 is 0.677 bits per heavy atom. The van der Waals surface area contributed by atoms with Gasteiger partial charge in [0.15, 0.2) is 0 Å². The van der Waals surface area contributed by atoms with E-state index in [4.69, 9.17) is 0 Å². The number of carbonyl (C=O) groups excluding carboxylic acids is 2. The molecule has 0 aromatic heterocycles. The molecule has 5 heteroatoms. The molecule has 0 N–H and O–H groups in total. The van der Waals surface area contributed by atoms with Crippen molar-refractivity contribution in [3.05, 3.63) is 95.7 Å². The van der Waals surface area contributed by atoms with Gasteiger partial charge < -0.3 is 9.80 Å². The average Bonchev–Trinajstić information content (AvgIpc) is 3.04. The van der Waals surface area contributed by atoms with Crippen LogP contribution < -0.4 is 14.7 Å². The minimum Gasteiger partial charge on any atom is -0.378 e. The van der Waals surface area contributed by atoms with Crippen LogP contribution in [0.25, 0.3) is 5.57 Å². The van der Waals surface area contributed by atoms with E-state index >= 15 is 0 Å². The van der Waals surface area contributed by atoms with Gasteiger partial charge in [-0.15, -0.1) is 0 Å². The van der Waals surface area contributed by atoms with E-state index in [9.17, 15) is 9.59 Å². The molecule has 0 aliphatic carbocycles. The first kappa shape index (κ1) is 20.4. The van der Waals surface area contributed by atoms with Gasteiger partial charge in [0.05, 0.1) is 11.3 Å². The monoisotopic (exact) mass is 411 g/mol. The van der Waals surface area contributed by atoms with Crippen LogP contribution in [0, 0.1) is 6.92 Å². The second-order valence-electron chi connectivity index (χ2n) is 7.84. The van der Waals surface area contributed by atoms with Crippen molar-refractivity contribution < 1.29 is 9.59 Å². The third kappa shape index (κ3) is 3.70. The molecule has 1 aliphatic heterocycles. The van der Waals surface area contributed by atoms with Gasteiger partial charge in [-0.25, -0.2) is 4.90 Å². The summed E-state index contributed by atoms with van der Waals surface area (Å²) in [7, 11) is 5.72. The molecule has 0 radical (unpaired) electrons. The number of para-hydroxylation sites is 1. The van der Waals surface area contributed by atoms with Crippen LogP contribution in [0.1, 0.15) is 11.1 Å². The van der Waals surface area contributed by atoms with Crippen LogP contribution in [0.2, 0.25) is 0 Å². The van der Waals surface area contributed by atoms with Gasteiger partial charge in [-0.3, -0.25) is 9.59 Å². The molecule has 4 rings (SSSR count). The van der Waals surface area contributed by atoms with Crippen molar-refractivity contribution in [1.82, 2.24) is 0 Å². The molecule has 0 fully saturated rings. The minimum absolute atomic E-state index is 0.316. The van der Waals surface area contributed by atoms with E-state index in [1.54, 1.807) is 4.90 Å². The van der Waals surface area contributed by atoms with E-state index in [-0.39, 0.29) is 11.8 Å². The molecule has 0 atom stereocenters. The highest BCUT2D eigenvalue weighted by molar-refractivity contribution is 6.46. The molecule has 0 spiro atoms. The van der Waals surface area contributed by atoms with Gasteiger partial charge in [0.25, 0.3) is 11.8 Å². The first-order chi connectivity index (χ1) is 14.9. The van der Waals surface area contributed by atoms with Gasteiger partial charge in [0.1, 0.15) is 5.70 Å². The average molecular weight is 412 g/mol. The molecule has 2 amide bonds. The van der Waals surface area contributed by atoms with Crippen molar-refractivity contribution in [2.75, 3.05) is 35.8 Å². The van der Waals surface area contributed by atoms with E-state index in [0.29, 0.717) is 17.0 Å². The predicted molar refractivity (Wildman–Crippen MR) is 126 cm³/mol. The summed E-state index contributed by atoms with van der Waals surface area (Å²) in [5.41, 5.74) is 5.00. The molecule has 0 bridgehead atoms. The van der Waals surface area contributed by atoms with Crippen molar-refractivity contribution >= 4 is 34.4 Å². The Morgan fingerprint density at radius 3 is 1.87 bits per heavy atom. The fraction of sp³-hybridized carbons (Fsp3) is 0.154. The summed E-state index contributed by atoms with van der Waals surface area (Å²) in [6, 6.07) is 24.7. The molecule has 31 heavy (non-hydrogen) atoms. The first-order valence-corrected chi connectivity index (χ1v) is 10.1. The molecule has 1 heterocycles. The zero-order valence-electron chi connectivity index (χ0n) is 18.2. The number of rotatable bonds is 5. The van der Waals surface area contributed by atoms with E-state index < -0.39 is 0 Å². The summed E-state index contributed by atoms with van der Waals surface area (Å²) >= 11 is 0. The summed E-state index contributed by atoms with van der Waals surface area (Å²) < 4.78 is 0. The van der Waals surface area contributed by atoms with Crippen LogP contribution in [0.3, 0.4) is 0 Å². The molecule has 0 unspecified atom stereocenters. The molecule has 156 valence electrons. The number of amides is 2. The third-order valence-corrected chi connectivity index (χ3v) is 5.50. The number of aryl methyl sites for hydroxylation is 1. The second kappa shape index (κ2) is 8.11. The fourth-order valence-corrected chi connectivity index (χ4v) is 3.72. The SMILES string of the molecule is Cc1ccc(C2=C(N(C)c3ccccc3)C(=O)N(c3ccc(N(C)C)cc3)C2=O)cc1. The van der Waals surface area contributed by atoms with Gasteiger partial charge in [-0.1, -0.05) is 48.0 Å². The molecule has 3 aromatic rings. The maximum atomic E-state index is 13.6. The number of hydrogen-bond donors (Lipinski definition) is 0. The van der Waals surface area contributed by atoms with E-state index in [1.807, 2.05) is 112 Å². The topological polar surface area (TPSA) is 43.9 Å². The summed E-state index contributed by atoms with van der Waals surface area (Å²) in [6.07, 6.45) is 0. The van der Waals surface area contributed by atoms with Gasteiger partial charge in [-0.2, -0.15) is 0 Å². The van der Waals surface area contributed by atoms with Crippen molar-refractivity contribution in [2.45, 2.75) is 6.92 Å². The largest absolute Gasteiger partial charge is 0.378 e. The zero-order valence-corrected chi connectivity index (χ0v) is 18.2. The summed E-state index contributed by atoms with van der Waals surface area (Å²) in [6.45, 7) is 2.00. The van der Waals surface area contributed by atoms with Crippen LogP contribution in [0.5, 0.6) is 0 Å². The number of nitrogens with zero attached hydrogens (tertiary/aromatic N) is 3. The molecule has 5 nitrogen and oxygen atoms in total. The minimum atomic E-state index is -0.329. The first-order valence-electron chi connectivity index (χ1n) is 10.1. The van der Waals surface area contributed by atoms with Crippen molar-refractivity contribution in [3.63, 3.8) is 0 Å². The number of anilines is 3. The number of hydrogen-bond acceptors (Lipinski definition) is 4. The van der Waals surface area contributed by atoms with E-state index in [1.165, 1.54) is 4.90 Å². The molecule has 3 aromatic carbocycles. The van der Waals surface area contributed by atoms with Crippen molar-refractivity contribution in [1.29, 1.82) is 0 Å². The highest BCUT2D eigenvalue weighted by Gasteiger charge is 2.42. The fourth-order valence-electron chi connectivity index (χ4n) is 3.72. The van der Waals surface area contributed by atoms with E-state index in [0.717, 1.165) is 22.5 Å². The molecular formula is C26H25N3O2. The Morgan fingerprint density at radius 2 is 1.29 bits per heavy atom. The smallest absolute Gasteiger partial charge is 0.282 e. The summed E-state index contributed by atoms with van der Waals surface area (Å²) in [4.78, 5) is 32.2. The lowest BCUT2D eigenvalue weighted by Crippen LogP contribution is -2.34. The number of benzene rings is 3. The Balaban J connectivity index is 1.83. The van der Waals surface area contributed by atoms with Crippen LogP contribution >= 0.6 is 0 Å².